The summed E-state index contributed by atoms with van der Waals surface area (Å²) < 4.78 is 26.7. The SMILES string of the molecule is O=S(=O)(Nc1ncccn1)c1ccc(CNC2CC2)cc1. The van der Waals surface area contributed by atoms with Crippen molar-refractivity contribution in [1.82, 2.24) is 15.3 Å². The van der Waals surface area contributed by atoms with Crippen molar-refractivity contribution in [1.29, 1.82) is 0 Å². The zero-order valence-corrected chi connectivity index (χ0v) is 12.2. The Labute approximate surface area is 123 Å². The van der Waals surface area contributed by atoms with Gasteiger partial charge in [0.1, 0.15) is 0 Å². The lowest BCUT2D eigenvalue weighted by Crippen LogP contribution is -2.16. The second-order valence-electron chi connectivity index (χ2n) is 4.98. The number of anilines is 1. The van der Waals surface area contributed by atoms with Gasteiger partial charge in [-0.1, -0.05) is 12.1 Å². The molecule has 7 heteroatoms. The van der Waals surface area contributed by atoms with Crippen LogP contribution in [0.2, 0.25) is 0 Å². The maximum atomic E-state index is 12.2. The van der Waals surface area contributed by atoms with Gasteiger partial charge in [-0.05, 0) is 36.6 Å². The van der Waals surface area contributed by atoms with E-state index in [0.29, 0.717) is 6.04 Å². The number of benzene rings is 1. The quantitative estimate of drug-likeness (QED) is 0.845. The number of hydrogen-bond acceptors (Lipinski definition) is 5. The van der Waals surface area contributed by atoms with Crippen LogP contribution in [-0.4, -0.2) is 24.4 Å². The van der Waals surface area contributed by atoms with Crippen molar-refractivity contribution in [3.8, 4) is 0 Å². The topological polar surface area (TPSA) is 84.0 Å². The highest BCUT2D eigenvalue weighted by Gasteiger charge is 2.20. The zero-order valence-electron chi connectivity index (χ0n) is 11.4. The van der Waals surface area contributed by atoms with E-state index in [1.807, 2.05) is 12.1 Å². The van der Waals surface area contributed by atoms with E-state index in [-0.39, 0.29) is 10.8 Å². The molecule has 6 nitrogen and oxygen atoms in total. The van der Waals surface area contributed by atoms with Crippen LogP contribution in [0.4, 0.5) is 5.95 Å². The summed E-state index contributed by atoms with van der Waals surface area (Å²) in [5.74, 6) is 0.0666. The first-order chi connectivity index (χ1) is 10.1. The first kappa shape index (κ1) is 14.0. The second kappa shape index (κ2) is 5.79. The van der Waals surface area contributed by atoms with Crippen molar-refractivity contribution in [2.75, 3.05) is 4.72 Å². The Balaban J connectivity index is 1.69. The van der Waals surface area contributed by atoms with Gasteiger partial charge in [-0.3, -0.25) is 0 Å². The van der Waals surface area contributed by atoms with Crippen LogP contribution in [0.3, 0.4) is 0 Å². The number of hydrogen-bond donors (Lipinski definition) is 2. The molecule has 2 aromatic rings. The molecule has 1 fully saturated rings. The Morgan fingerprint density at radius 1 is 1.10 bits per heavy atom. The summed E-state index contributed by atoms with van der Waals surface area (Å²) in [4.78, 5) is 7.90. The Morgan fingerprint density at radius 2 is 1.76 bits per heavy atom. The van der Waals surface area contributed by atoms with Crippen molar-refractivity contribution < 1.29 is 8.42 Å². The molecule has 0 atom stereocenters. The molecule has 0 aliphatic heterocycles. The first-order valence-corrected chi connectivity index (χ1v) is 8.24. The summed E-state index contributed by atoms with van der Waals surface area (Å²) >= 11 is 0. The van der Waals surface area contributed by atoms with E-state index in [1.54, 1.807) is 18.2 Å². The van der Waals surface area contributed by atoms with Crippen LogP contribution in [0, 0.1) is 0 Å². The molecule has 0 bridgehead atoms. The van der Waals surface area contributed by atoms with E-state index in [2.05, 4.69) is 20.0 Å². The van der Waals surface area contributed by atoms with Crippen molar-refractivity contribution >= 4 is 16.0 Å². The van der Waals surface area contributed by atoms with Crippen LogP contribution >= 0.6 is 0 Å². The molecule has 1 heterocycles. The van der Waals surface area contributed by atoms with Gasteiger partial charge in [-0.15, -0.1) is 0 Å². The minimum absolute atomic E-state index is 0.0666. The molecule has 0 amide bonds. The molecule has 110 valence electrons. The van der Waals surface area contributed by atoms with Gasteiger partial charge in [-0.2, -0.15) is 0 Å². The molecule has 1 aromatic heterocycles. The summed E-state index contributed by atoms with van der Waals surface area (Å²) in [7, 11) is -3.64. The fourth-order valence-corrected chi connectivity index (χ4v) is 2.83. The Bertz CT molecular complexity index is 698. The van der Waals surface area contributed by atoms with Crippen LogP contribution in [0.15, 0.2) is 47.6 Å². The third kappa shape index (κ3) is 3.77. The Morgan fingerprint density at radius 3 is 2.38 bits per heavy atom. The van der Waals surface area contributed by atoms with Crippen molar-refractivity contribution in [3.05, 3.63) is 48.3 Å². The van der Waals surface area contributed by atoms with Gasteiger partial charge in [0.2, 0.25) is 5.95 Å². The smallest absolute Gasteiger partial charge is 0.264 e. The highest BCUT2D eigenvalue weighted by molar-refractivity contribution is 7.92. The normalized spacial score (nSPS) is 14.9. The van der Waals surface area contributed by atoms with Crippen LogP contribution in [0.5, 0.6) is 0 Å². The van der Waals surface area contributed by atoms with Gasteiger partial charge >= 0.3 is 0 Å². The largest absolute Gasteiger partial charge is 0.310 e. The monoisotopic (exact) mass is 304 g/mol. The number of rotatable bonds is 6. The maximum Gasteiger partial charge on any atom is 0.264 e. The maximum absolute atomic E-state index is 12.2. The third-order valence-electron chi connectivity index (χ3n) is 3.20. The molecular formula is C14H16N4O2S. The molecule has 0 unspecified atom stereocenters. The number of nitrogens with one attached hydrogen (secondary N) is 2. The molecule has 1 aliphatic rings. The molecule has 2 N–H and O–H groups in total. The molecule has 1 aromatic carbocycles. The summed E-state index contributed by atoms with van der Waals surface area (Å²) in [5.41, 5.74) is 1.07. The molecule has 0 spiro atoms. The third-order valence-corrected chi connectivity index (χ3v) is 4.54. The Hall–Kier alpha value is -1.99. The van der Waals surface area contributed by atoms with Gasteiger partial charge in [0, 0.05) is 25.0 Å². The van der Waals surface area contributed by atoms with Crippen LogP contribution < -0.4 is 10.0 Å². The lowest BCUT2D eigenvalue weighted by molar-refractivity contribution is 0.600. The van der Waals surface area contributed by atoms with E-state index in [1.165, 1.54) is 25.2 Å². The second-order valence-corrected chi connectivity index (χ2v) is 6.66. The molecule has 3 rings (SSSR count). The Kier molecular flexibility index (Phi) is 3.85. The standard InChI is InChI=1S/C14H16N4O2S/c19-21(20,18-14-15-8-1-9-16-14)13-6-2-11(3-7-13)10-17-12-4-5-12/h1-3,6-9,12,17H,4-5,10H2,(H,15,16,18). The zero-order chi connectivity index (χ0) is 14.7. The number of sulfonamides is 1. The van der Waals surface area contributed by atoms with Gasteiger partial charge in [0.05, 0.1) is 4.90 Å². The van der Waals surface area contributed by atoms with Crippen molar-refractivity contribution in [3.63, 3.8) is 0 Å². The fraction of sp³-hybridized carbons (Fsp3) is 0.286. The van der Waals surface area contributed by atoms with Gasteiger partial charge < -0.3 is 5.32 Å². The molecule has 0 radical (unpaired) electrons. The number of nitrogens with zero attached hydrogens (tertiary/aromatic N) is 2. The van der Waals surface area contributed by atoms with E-state index in [4.69, 9.17) is 0 Å². The predicted molar refractivity (Wildman–Crippen MR) is 79.1 cm³/mol. The summed E-state index contributed by atoms with van der Waals surface area (Å²) in [6, 6.07) is 9.07. The summed E-state index contributed by atoms with van der Waals surface area (Å²) in [6.07, 6.45) is 5.43. The minimum atomic E-state index is -3.64. The minimum Gasteiger partial charge on any atom is -0.310 e. The molecule has 21 heavy (non-hydrogen) atoms. The van der Waals surface area contributed by atoms with E-state index < -0.39 is 10.0 Å². The van der Waals surface area contributed by atoms with E-state index in [0.717, 1.165) is 12.1 Å². The fourth-order valence-electron chi connectivity index (χ4n) is 1.87. The average molecular weight is 304 g/mol. The highest BCUT2D eigenvalue weighted by atomic mass is 32.2. The van der Waals surface area contributed by atoms with E-state index >= 15 is 0 Å². The highest BCUT2D eigenvalue weighted by Crippen LogP contribution is 2.20. The van der Waals surface area contributed by atoms with Crippen molar-refractivity contribution in [2.24, 2.45) is 0 Å². The van der Waals surface area contributed by atoms with Gasteiger partial charge in [0.15, 0.2) is 0 Å². The lowest BCUT2D eigenvalue weighted by atomic mass is 10.2. The summed E-state index contributed by atoms with van der Waals surface area (Å²) in [6.45, 7) is 0.764. The number of aromatic nitrogens is 2. The van der Waals surface area contributed by atoms with Crippen LogP contribution in [0.1, 0.15) is 18.4 Å². The van der Waals surface area contributed by atoms with Crippen LogP contribution in [-0.2, 0) is 16.6 Å². The van der Waals surface area contributed by atoms with Gasteiger partial charge in [0.25, 0.3) is 10.0 Å². The molecule has 0 saturated heterocycles. The lowest BCUT2D eigenvalue weighted by Gasteiger charge is -2.07. The predicted octanol–water partition coefficient (Wildman–Crippen LogP) is 1.53. The van der Waals surface area contributed by atoms with E-state index in [9.17, 15) is 8.42 Å². The van der Waals surface area contributed by atoms with Gasteiger partial charge in [-0.25, -0.2) is 23.1 Å². The van der Waals surface area contributed by atoms with Crippen LogP contribution in [0.25, 0.3) is 0 Å². The van der Waals surface area contributed by atoms with Crippen molar-refractivity contribution in [2.45, 2.75) is 30.3 Å². The summed E-state index contributed by atoms with van der Waals surface area (Å²) in [5, 5.41) is 3.39. The molecule has 1 aliphatic carbocycles. The molecule has 1 saturated carbocycles. The first-order valence-electron chi connectivity index (χ1n) is 6.76. The average Bonchev–Trinajstić information content (AvgIpc) is 3.30. The molecular weight excluding hydrogens is 288 g/mol.